The van der Waals surface area contributed by atoms with Crippen molar-refractivity contribution in [2.24, 2.45) is 0 Å². The van der Waals surface area contributed by atoms with Crippen molar-refractivity contribution in [3.05, 3.63) is 206 Å². The molecule has 0 saturated heterocycles. The molecular weight excluding hydrogens is 673 g/mol. The minimum atomic E-state index is 0.368. The summed E-state index contributed by atoms with van der Waals surface area (Å²) in [7, 11) is 0. The van der Waals surface area contributed by atoms with Gasteiger partial charge in [-0.2, -0.15) is 0 Å². The Morgan fingerprint density at radius 2 is 0.407 bits per heavy atom. The van der Waals surface area contributed by atoms with Crippen molar-refractivity contribution in [2.75, 3.05) is 0 Å². The Morgan fingerprint density at radius 3 is 0.667 bits per heavy atom. The van der Waals surface area contributed by atoms with Crippen molar-refractivity contribution >= 4 is 0 Å². The Kier molecular flexibility index (Phi) is 10.2. The van der Waals surface area contributed by atoms with Crippen molar-refractivity contribution in [1.29, 1.82) is 0 Å². The SMILES string of the molecule is c1ccc(Oc2ccc(-c3ccc(Oc4ccccc4)c(Oc4ccccc4)c3Oc3ccccc3)c(Oc3ccccc3)c2Oc2ccccc2)cc1. The van der Waals surface area contributed by atoms with E-state index in [0.717, 1.165) is 0 Å². The molecule has 54 heavy (non-hydrogen) atoms. The summed E-state index contributed by atoms with van der Waals surface area (Å²) in [5.41, 5.74) is 1.31. The standard InChI is InChI=1S/C48H34O6/c1-7-19-35(20-8-1)49-43-33-31-41(45(51-37-23-11-3-12-24-37)47(43)53-39-27-15-5-16-28-39)42-32-34-44(50-36-21-9-2-10-22-36)48(54-40-29-17-6-18-30-40)46(42)52-38-25-13-4-14-26-38/h1-34H. The number of rotatable bonds is 13. The summed E-state index contributed by atoms with van der Waals surface area (Å²) in [6.07, 6.45) is 0. The average molecular weight is 707 g/mol. The molecule has 0 atom stereocenters. The molecule has 8 aromatic rings. The maximum absolute atomic E-state index is 6.80. The van der Waals surface area contributed by atoms with Crippen LogP contribution in [0.25, 0.3) is 11.1 Å². The quantitative estimate of drug-likeness (QED) is 0.119. The van der Waals surface area contributed by atoms with E-state index in [0.29, 0.717) is 80.1 Å². The van der Waals surface area contributed by atoms with Gasteiger partial charge in [0.15, 0.2) is 23.0 Å². The largest absolute Gasteiger partial charge is 0.453 e. The van der Waals surface area contributed by atoms with Gasteiger partial charge in [-0.3, -0.25) is 0 Å². The first-order valence-electron chi connectivity index (χ1n) is 17.5. The molecule has 0 aliphatic heterocycles. The molecule has 0 bridgehead atoms. The fourth-order valence-electron chi connectivity index (χ4n) is 5.73. The lowest BCUT2D eigenvalue weighted by Gasteiger charge is -2.23. The zero-order chi connectivity index (χ0) is 36.4. The lowest BCUT2D eigenvalue weighted by Crippen LogP contribution is -2.00. The smallest absolute Gasteiger partial charge is 0.213 e. The molecule has 0 heterocycles. The highest BCUT2D eigenvalue weighted by Gasteiger charge is 2.27. The summed E-state index contributed by atoms with van der Waals surface area (Å²) in [6, 6.07) is 64.9. The summed E-state index contributed by atoms with van der Waals surface area (Å²) in [5, 5.41) is 0. The normalized spacial score (nSPS) is 10.6. The zero-order valence-corrected chi connectivity index (χ0v) is 29.1. The van der Waals surface area contributed by atoms with Crippen molar-refractivity contribution in [1.82, 2.24) is 0 Å². The van der Waals surface area contributed by atoms with Crippen molar-refractivity contribution < 1.29 is 28.4 Å². The molecule has 8 aromatic carbocycles. The van der Waals surface area contributed by atoms with Gasteiger partial charge in [0.25, 0.3) is 0 Å². The van der Waals surface area contributed by atoms with Gasteiger partial charge in [-0.1, -0.05) is 109 Å². The highest BCUT2D eigenvalue weighted by atomic mass is 16.6. The molecule has 0 radical (unpaired) electrons. The van der Waals surface area contributed by atoms with Crippen LogP contribution in [0.3, 0.4) is 0 Å². The van der Waals surface area contributed by atoms with Crippen molar-refractivity contribution in [3.8, 4) is 80.1 Å². The fraction of sp³-hybridized carbons (Fsp3) is 0. The van der Waals surface area contributed by atoms with Crippen LogP contribution in [0, 0.1) is 0 Å². The van der Waals surface area contributed by atoms with Crippen LogP contribution >= 0.6 is 0 Å². The van der Waals surface area contributed by atoms with E-state index < -0.39 is 0 Å². The zero-order valence-electron chi connectivity index (χ0n) is 29.1. The van der Waals surface area contributed by atoms with Crippen LogP contribution in [0.4, 0.5) is 0 Å². The molecule has 0 aliphatic carbocycles. The molecule has 0 saturated carbocycles. The van der Waals surface area contributed by atoms with E-state index >= 15 is 0 Å². The molecule has 0 N–H and O–H groups in total. The van der Waals surface area contributed by atoms with Crippen LogP contribution in [-0.2, 0) is 0 Å². The Hall–Kier alpha value is -7.44. The van der Waals surface area contributed by atoms with Gasteiger partial charge in [-0.05, 0) is 97.1 Å². The minimum Gasteiger partial charge on any atom is -0.453 e. The highest BCUT2D eigenvalue weighted by molar-refractivity contribution is 5.84. The van der Waals surface area contributed by atoms with Crippen LogP contribution in [0.15, 0.2) is 206 Å². The average Bonchev–Trinajstić information content (AvgIpc) is 3.23. The number of hydrogen-bond donors (Lipinski definition) is 0. The first kappa shape index (κ1) is 33.7. The van der Waals surface area contributed by atoms with E-state index in [1.165, 1.54) is 0 Å². The van der Waals surface area contributed by atoms with Gasteiger partial charge in [-0.25, -0.2) is 0 Å². The summed E-state index contributed by atoms with van der Waals surface area (Å²) in [5.74, 6) is 6.14. The molecule has 0 aromatic heterocycles. The fourth-order valence-corrected chi connectivity index (χ4v) is 5.73. The van der Waals surface area contributed by atoms with E-state index in [1.807, 2.05) is 206 Å². The van der Waals surface area contributed by atoms with E-state index in [1.54, 1.807) is 0 Å². The third kappa shape index (κ3) is 8.04. The predicted molar refractivity (Wildman–Crippen MR) is 211 cm³/mol. The second kappa shape index (κ2) is 16.3. The Balaban J connectivity index is 1.38. The molecular formula is C48H34O6. The third-order valence-corrected chi connectivity index (χ3v) is 8.24. The van der Waals surface area contributed by atoms with Crippen LogP contribution in [0.2, 0.25) is 0 Å². The molecule has 0 spiro atoms. The minimum absolute atomic E-state index is 0.368. The van der Waals surface area contributed by atoms with Gasteiger partial charge >= 0.3 is 0 Å². The van der Waals surface area contributed by atoms with Crippen LogP contribution in [-0.4, -0.2) is 0 Å². The van der Waals surface area contributed by atoms with E-state index in [2.05, 4.69) is 0 Å². The second-order valence-electron chi connectivity index (χ2n) is 12.0. The van der Waals surface area contributed by atoms with Gasteiger partial charge in [0, 0.05) is 11.1 Å². The molecule has 0 unspecified atom stereocenters. The maximum atomic E-state index is 6.80. The lowest BCUT2D eigenvalue weighted by molar-refractivity contribution is 0.384. The second-order valence-corrected chi connectivity index (χ2v) is 12.0. The van der Waals surface area contributed by atoms with Crippen LogP contribution < -0.4 is 28.4 Å². The summed E-state index contributed by atoms with van der Waals surface area (Å²) < 4.78 is 39.9. The molecule has 6 nitrogen and oxygen atoms in total. The van der Waals surface area contributed by atoms with E-state index in [-0.39, 0.29) is 0 Å². The summed E-state index contributed by atoms with van der Waals surface area (Å²) >= 11 is 0. The molecule has 0 fully saturated rings. The monoisotopic (exact) mass is 706 g/mol. The highest BCUT2D eigenvalue weighted by Crippen LogP contribution is 2.55. The van der Waals surface area contributed by atoms with Crippen molar-refractivity contribution in [3.63, 3.8) is 0 Å². The Bertz CT molecular complexity index is 2230. The van der Waals surface area contributed by atoms with Gasteiger partial charge in [0.1, 0.15) is 34.5 Å². The van der Waals surface area contributed by atoms with Gasteiger partial charge < -0.3 is 28.4 Å². The molecule has 8 rings (SSSR count). The van der Waals surface area contributed by atoms with E-state index in [4.69, 9.17) is 28.4 Å². The molecule has 0 aliphatic rings. The molecule has 262 valence electrons. The number of hydrogen-bond acceptors (Lipinski definition) is 6. The van der Waals surface area contributed by atoms with E-state index in [9.17, 15) is 0 Å². The first-order chi connectivity index (χ1) is 26.8. The van der Waals surface area contributed by atoms with Crippen molar-refractivity contribution in [2.45, 2.75) is 0 Å². The lowest BCUT2D eigenvalue weighted by atomic mass is 10.0. The third-order valence-electron chi connectivity index (χ3n) is 8.24. The van der Waals surface area contributed by atoms with Crippen LogP contribution in [0.1, 0.15) is 0 Å². The number of benzene rings is 8. The molecule has 0 amide bonds. The van der Waals surface area contributed by atoms with Crippen LogP contribution in [0.5, 0.6) is 69.0 Å². The first-order valence-corrected chi connectivity index (χ1v) is 17.5. The van der Waals surface area contributed by atoms with Gasteiger partial charge in [0.05, 0.1) is 0 Å². The topological polar surface area (TPSA) is 55.4 Å². The maximum Gasteiger partial charge on any atom is 0.213 e. The number of para-hydroxylation sites is 6. The Morgan fingerprint density at radius 1 is 0.185 bits per heavy atom. The van der Waals surface area contributed by atoms with Gasteiger partial charge in [0.2, 0.25) is 11.5 Å². The summed E-state index contributed by atoms with van der Waals surface area (Å²) in [6.45, 7) is 0. The molecule has 6 heteroatoms. The number of ether oxygens (including phenoxy) is 6. The summed E-state index contributed by atoms with van der Waals surface area (Å²) in [4.78, 5) is 0. The van der Waals surface area contributed by atoms with Gasteiger partial charge in [-0.15, -0.1) is 0 Å². The Labute approximate surface area is 314 Å². The predicted octanol–water partition coefficient (Wildman–Crippen LogP) is 14.1.